The fraction of sp³-hybridized carbons (Fsp3) is 0.889. The molecule has 0 aliphatic carbocycles. The van der Waals surface area contributed by atoms with E-state index >= 15 is 0 Å². The maximum atomic E-state index is 11.1. The minimum atomic E-state index is 0.324. The number of hydrogen-bond donors (Lipinski definition) is 1. The van der Waals surface area contributed by atoms with Gasteiger partial charge in [-0.3, -0.25) is 4.79 Å². The number of likely N-dealkylation sites (N-methyl/N-ethyl adjacent to an activating group) is 1. The third kappa shape index (κ3) is 3.32. The fourth-order valence-electron chi connectivity index (χ4n) is 1.57. The van der Waals surface area contributed by atoms with E-state index in [-0.39, 0.29) is 0 Å². The Hall–Kier alpha value is -0.410. The standard InChI is InChI=1S/C9H18N2O/c1-10-8-9(12)4-7-11-5-2-3-6-11/h10H,2-8H2,1H3. The lowest BCUT2D eigenvalue weighted by Crippen LogP contribution is -2.26. The molecule has 0 aromatic heterocycles. The Morgan fingerprint density at radius 1 is 1.42 bits per heavy atom. The minimum absolute atomic E-state index is 0.324. The number of Topliss-reactive ketones (excluding diaryl/α,β-unsaturated/α-hetero) is 1. The van der Waals surface area contributed by atoms with Crippen LogP contribution in [0, 0.1) is 0 Å². The van der Waals surface area contributed by atoms with Crippen molar-refractivity contribution in [2.75, 3.05) is 33.2 Å². The highest BCUT2D eigenvalue weighted by Crippen LogP contribution is 2.07. The number of rotatable bonds is 5. The van der Waals surface area contributed by atoms with E-state index in [2.05, 4.69) is 10.2 Å². The van der Waals surface area contributed by atoms with Gasteiger partial charge in [0.15, 0.2) is 0 Å². The number of nitrogens with zero attached hydrogens (tertiary/aromatic N) is 1. The van der Waals surface area contributed by atoms with Crippen LogP contribution in [0.2, 0.25) is 0 Å². The summed E-state index contributed by atoms with van der Waals surface area (Å²) >= 11 is 0. The van der Waals surface area contributed by atoms with Crippen LogP contribution in [0.1, 0.15) is 19.3 Å². The predicted molar refractivity (Wildman–Crippen MR) is 49.2 cm³/mol. The third-order valence-corrected chi connectivity index (χ3v) is 2.28. The van der Waals surface area contributed by atoms with Gasteiger partial charge >= 0.3 is 0 Å². The lowest BCUT2D eigenvalue weighted by molar-refractivity contribution is -0.118. The molecule has 1 aliphatic heterocycles. The van der Waals surface area contributed by atoms with Crippen LogP contribution in [0.3, 0.4) is 0 Å². The maximum absolute atomic E-state index is 11.1. The number of hydrogen-bond acceptors (Lipinski definition) is 3. The Morgan fingerprint density at radius 2 is 2.08 bits per heavy atom. The van der Waals surface area contributed by atoms with Crippen molar-refractivity contribution < 1.29 is 4.79 Å². The fourth-order valence-corrected chi connectivity index (χ4v) is 1.57. The summed E-state index contributed by atoms with van der Waals surface area (Å²) < 4.78 is 0. The zero-order valence-electron chi connectivity index (χ0n) is 7.81. The van der Waals surface area contributed by atoms with Crippen LogP contribution in [-0.4, -0.2) is 43.9 Å². The molecule has 0 aromatic carbocycles. The van der Waals surface area contributed by atoms with Crippen LogP contribution in [0.4, 0.5) is 0 Å². The van der Waals surface area contributed by atoms with Crippen molar-refractivity contribution in [1.29, 1.82) is 0 Å². The van der Waals surface area contributed by atoms with Gasteiger partial charge in [-0.15, -0.1) is 0 Å². The second kappa shape index (κ2) is 5.27. The molecule has 1 heterocycles. The van der Waals surface area contributed by atoms with Gasteiger partial charge in [-0.05, 0) is 33.0 Å². The molecule has 70 valence electrons. The molecule has 0 unspecified atom stereocenters. The van der Waals surface area contributed by atoms with E-state index in [0.29, 0.717) is 18.7 Å². The van der Waals surface area contributed by atoms with E-state index in [1.807, 2.05) is 7.05 Å². The Balaban J connectivity index is 2.03. The third-order valence-electron chi connectivity index (χ3n) is 2.28. The van der Waals surface area contributed by atoms with E-state index in [9.17, 15) is 4.79 Å². The molecule has 1 N–H and O–H groups in total. The first-order valence-corrected chi connectivity index (χ1v) is 4.71. The molecule has 0 saturated carbocycles. The molecule has 3 nitrogen and oxygen atoms in total. The predicted octanol–water partition coefficient (Wildman–Crippen LogP) is 0.261. The minimum Gasteiger partial charge on any atom is -0.313 e. The van der Waals surface area contributed by atoms with Gasteiger partial charge in [-0.25, -0.2) is 0 Å². The second-order valence-electron chi connectivity index (χ2n) is 3.37. The van der Waals surface area contributed by atoms with Gasteiger partial charge in [0.2, 0.25) is 0 Å². The van der Waals surface area contributed by atoms with Crippen molar-refractivity contribution in [3.8, 4) is 0 Å². The summed E-state index contributed by atoms with van der Waals surface area (Å²) in [7, 11) is 1.81. The highest BCUT2D eigenvalue weighted by atomic mass is 16.1. The summed E-state index contributed by atoms with van der Waals surface area (Å²) in [5.74, 6) is 0.324. The lowest BCUT2D eigenvalue weighted by Gasteiger charge is -2.12. The molecule has 0 radical (unpaired) electrons. The highest BCUT2D eigenvalue weighted by molar-refractivity contribution is 5.80. The van der Waals surface area contributed by atoms with Crippen molar-refractivity contribution in [3.63, 3.8) is 0 Å². The molecule has 0 spiro atoms. The van der Waals surface area contributed by atoms with Gasteiger partial charge in [0.25, 0.3) is 0 Å². The molecule has 1 rings (SSSR count). The summed E-state index contributed by atoms with van der Waals surface area (Å²) in [4.78, 5) is 13.5. The topological polar surface area (TPSA) is 32.3 Å². The first-order chi connectivity index (χ1) is 5.83. The van der Waals surface area contributed by atoms with Gasteiger partial charge in [0, 0.05) is 13.0 Å². The molecular weight excluding hydrogens is 152 g/mol. The zero-order valence-corrected chi connectivity index (χ0v) is 7.81. The average molecular weight is 170 g/mol. The molecule has 0 atom stereocenters. The SMILES string of the molecule is CNCC(=O)CCN1CCCC1. The number of ketones is 1. The van der Waals surface area contributed by atoms with E-state index in [0.717, 1.165) is 6.54 Å². The maximum Gasteiger partial charge on any atom is 0.147 e. The van der Waals surface area contributed by atoms with Crippen molar-refractivity contribution >= 4 is 5.78 Å². The summed E-state index contributed by atoms with van der Waals surface area (Å²) in [5, 5.41) is 2.87. The smallest absolute Gasteiger partial charge is 0.147 e. The van der Waals surface area contributed by atoms with Crippen LogP contribution in [0.5, 0.6) is 0 Å². The van der Waals surface area contributed by atoms with Crippen LogP contribution in [0.15, 0.2) is 0 Å². The Bertz CT molecular complexity index is 141. The molecule has 0 amide bonds. The van der Waals surface area contributed by atoms with E-state index in [1.165, 1.54) is 25.9 Å². The van der Waals surface area contributed by atoms with Crippen LogP contribution in [-0.2, 0) is 4.79 Å². The molecule has 12 heavy (non-hydrogen) atoms. The van der Waals surface area contributed by atoms with Crippen molar-refractivity contribution in [3.05, 3.63) is 0 Å². The zero-order chi connectivity index (χ0) is 8.81. The lowest BCUT2D eigenvalue weighted by atomic mass is 10.2. The summed E-state index contributed by atoms with van der Waals surface area (Å²) in [6.45, 7) is 3.86. The molecule has 1 fully saturated rings. The molecule has 3 heteroatoms. The Morgan fingerprint density at radius 3 is 2.67 bits per heavy atom. The molecule has 1 aliphatic rings. The van der Waals surface area contributed by atoms with E-state index in [4.69, 9.17) is 0 Å². The first-order valence-electron chi connectivity index (χ1n) is 4.71. The Labute approximate surface area is 74.1 Å². The molecule has 0 aromatic rings. The van der Waals surface area contributed by atoms with E-state index < -0.39 is 0 Å². The molecule has 1 saturated heterocycles. The normalized spacial score (nSPS) is 18.4. The molecule has 0 bridgehead atoms. The largest absolute Gasteiger partial charge is 0.313 e. The Kier molecular flexibility index (Phi) is 4.25. The van der Waals surface area contributed by atoms with E-state index in [1.54, 1.807) is 0 Å². The van der Waals surface area contributed by atoms with Gasteiger partial charge in [-0.1, -0.05) is 0 Å². The summed E-state index contributed by atoms with van der Waals surface area (Å²) in [6.07, 6.45) is 3.32. The van der Waals surface area contributed by atoms with Crippen LogP contribution >= 0.6 is 0 Å². The molecular formula is C9H18N2O. The quantitative estimate of drug-likeness (QED) is 0.642. The van der Waals surface area contributed by atoms with Gasteiger partial charge in [0.05, 0.1) is 6.54 Å². The number of carbonyl (C=O) groups is 1. The van der Waals surface area contributed by atoms with Gasteiger partial charge in [-0.2, -0.15) is 0 Å². The van der Waals surface area contributed by atoms with Crippen molar-refractivity contribution in [2.24, 2.45) is 0 Å². The number of nitrogens with one attached hydrogen (secondary N) is 1. The summed E-state index contributed by atoms with van der Waals surface area (Å²) in [6, 6.07) is 0. The van der Waals surface area contributed by atoms with Crippen LogP contribution < -0.4 is 5.32 Å². The van der Waals surface area contributed by atoms with Crippen molar-refractivity contribution in [1.82, 2.24) is 10.2 Å². The van der Waals surface area contributed by atoms with Gasteiger partial charge < -0.3 is 10.2 Å². The first kappa shape index (κ1) is 9.68. The second-order valence-corrected chi connectivity index (χ2v) is 3.37. The average Bonchev–Trinajstić information content (AvgIpc) is 2.53. The van der Waals surface area contributed by atoms with Crippen LogP contribution in [0.25, 0.3) is 0 Å². The number of carbonyl (C=O) groups excluding carboxylic acids is 1. The van der Waals surface area contributed by atoms with Crippen molar-refractivity contribution in [2.45, 2.75) is 19.3 Å². The summed E-state index contributed by atoms with van der Waals surface area (Å²) in [5.41, 5.74) is 0. The highest BCUT2D eigenvalue weighted by Gasteiger charge is 2.11. The monoisotopic (exact) mass is 170 g/mol. The van der Waals surface area contributed by atoms with Gasteiger partial charge in [0.1, 0.15) is 5.78 Å². The number of likely N-dealkylation sites (tertiary alicyclic amines) is 1.